The normalized spacial score (nSPS) is 14.5. The molecule has 11 heteroatoms. The lowest BCUT2D eigenvalue weighted by atomic mass is 10.2. The summed E-state index contributed by atoms with van der Waals surface area (Å²) >= 11 is 1.05. The number of para-hydroxylation sites is 2. The van der Waals surface area contributed by atoms with Crippen LogP contribution in [0, 0.1) is 5.82 Å². The van der Waals surface area contributed by atoms with Gasteiger partial charge in [0.1, 0.15) is 17.4 Å². The molecule has 1 N–H and O–H groups in total. The third-order valence-corrected chi connectivity index (χ3v) is 6.11. The zero-order valence-electron chi connectivity index (χ0n) is 18.3. The van der Waals surface area contributed by atoms with E-state index in [9.17, 15) is 18.8 Å². The van der Waals surface area contributed by atoms with Crippen molar-refractivity contribution < 1.29 is 28.2 Å². The first-order valence-electron chi connectivity index (χ1n) is 10.6. The van der Waals surface area contributed by atoms with Crippen molar-refractivity contribution in [1.82, 2.24) is 9.78 Å². The minimum atomic E-state index is -0.959. The van der Waals surface area contributed by atoms with Crippen LogP contribution in [0.5, 0.6) is 11.5 Å². The number of halogens is 1. The van der Waals surface area contributed by atoms with Crippen molar-refractivity contribution in [2.45, 2.75) is 13.0 Å². The number of carbonyl (C=O) groups excluding carboxylic acids is 2. The molecule has 0 aliphatic carbocycles. The van der Waals surface area contributed by atoms with Crippen LogP contribution in [0.4, 0.5) is 9.39 Å². The molecule has 0 radical (unpaired) electrons. The number of amides is 1. The van der Waals surface area contributed by atoms with Gasteiger partial charge in [-0.1, -0.05) is 18.2 Å². The molecule has 0 saturated heterocycles. The van der Waals surface area contributed by atoms with E-state index in [2.05, 4.69) is 10.4 Å². The monoisotopic (exact) mass is 495 g/mol. The summed E-state index contributed by atoms with van der Waals surface area (Å²) in [6.07, 6.45) is -0.959. The fraction of sp³-hybridized carbons (Fsp3) is 0.167. The number of hydrogen-bond donors (Lipinski definition) is 1. The number of nitrogens with zero attached hydrogens (tertiary/aromatic N) is 2. The fourth-order valence-corrected chi connectivity index (χ4v) is 4.56. The number of carbonyl (C=O) groups is 2. The third-order valence-electron chi connectivity index (χ3n) is 5.21. The lowest BCUT2D eigenvalue weighted by molar-refractivity contribution is -0.125. The Labute approximate surface area is 201 Å². The van der Waals surface area contributed by atoms with Crippen LogP contribution in [0.25, 0.3) is 16.5 Å². The van der Waals surface area contributed by atoms with Crippen LogP contribution in [0.3, 0.4) is 0 Å². The van der Waals surface area contributed by atoms with Crippen LogP contribution in [-0.2, 0) is 9.53 Å². The second-order valence-electron chi connectivity index (χ2n) is 7.47. The molecule has 1 atom stereocenters. The number of anilines is 1. The Morgan fingerprint density at radius 3 is 2.80 bits per heavy atom. The number of esters is 1. The molecule has 5 rings (SSSR count). The smallest absolute Gasteiger partial charge is 0.359 e. The van der Waals surface area contributed by atoms with Crippen LogP contribution in [-0.4, -0.2) is 41.0 Å². The second-order valence-corrected chi connectivity index (χ2v) is 8.35. The average Bonchev–Trinajstić information content (AvgIpc) is 3.28. The summed E-state index contributed by atoms with van der Waals surface area (Å²) in [6, 6.07) is 12.2. The van der Waals surface area contributed by atoms with Crippen molar-refractivity contribution in [3.05, 3.63) is 75.8 Å². The van der Waals surface area contributed by atoms with Gasteiger partial charge in [0, 0.05) is 10.8 Å². The Hall–Kier alpha value is -4.25. The van der Waals surface area contributed by atoms with E-state index in [4.69, 9.17) is 14.2 Å². The zero-order chi connectivity index (χ0) is 24.5. The van der Waals surface area contributed by atoms with Gasteiger partial charge in [0.2, 0.25) is 6.10 Å². The van der Waals surface area contributed by atoms with Gasteiger partial charge in [0.15, 0.2) is 17.2 Å². The molecule has 1 aliphatic heterocycles. The average molecular weight is 495 g/mol. The summed E-state index contributed by atoms with van der Waals surface area (Å²) in [6.45, 7) is 1.71. The quantitative estimate of drug-likeness (QED) is 0.422. The standard InChI is InChI=1S/C24H18FN3O6S/c1-2-32-24(31)20-15-12-35-22(19(15)23(30)28(27-20)14-7-5-6-13(25)10-14)26-21(29)18-11-33-16-8-3-4-9-17(16)34-18/h3-10,12,18H,2,11H2,1H3,(H,26,29). The maximum Gasteiger partial charge on any atom is 0.359 e. The lowest BCUT2D eigenvalue weighted by Crippen LogP contribution is -2.40. The van der Waals surface area contributed by atoms with E-state index >= 15 is 0 Å². The van der Waals surface area contributed by atoms with Gasteiger partial charge >= 0.3 is 5.97 Å². The minimum absolute atomic E-state index is 0.0185. The van der Waals surface area contributed by atoms with Crippen molar-refractivity contribution in [1.29, 1.82) is 0 Å². The maximum atomic E-state index is 13.9. The summed E-state index contributed by atoms with van der Waals surface area (Å²) in [4.78, 5) is 39.0. The van der Waals surface area contributed by atoms with Crippen molar-refractivity contribution in [2.24, 2.45) is 0 Å². The molecule has 1 aliphatic rings. The van der Waals surface area contributed by atoms with Crippen LogP contribution in [0.2, 0.25) is 0 Å². The minimum Gasteiger partial charge on any atom is -0.485 e. The van der Waals surface area contributed by atoms with Gasteiger partial charge in [-0.25, -0.2) is 9.18 Å². The Morgan fingerprint density at radius 2 is 2.03 bits per heavy atom. The lowest BCUT2D eigenvalue weighted by Gasteiger charge is -2.25. The molecule has 1 unspecified atom stereocenters. The van der Waals surface area contributed by atoms with Gasteiger partial charge in [-0.3, -0.25) is 9.59 Å². The number of nitrogens with one attached hydrogen (secondary N) is 1. The van der Waals surface area contributed by atoms with Crippen molar-refractivity contribution >= 4 is 39.0 Å². The van der Waals surface area contributed by atoms with E-state index in [1.54, 1.807) is 31.2 Å². The molecule has 0 fully saturated rings. The molecule has 3 heterocycles. The molecule has 0 spiro atoms. The molecule has 2 aromatic heterocycles. The molecule has 2 aromatic carbocycles. The Balaban J connectivity index is 1.56. The van der Waals surface area contributed by atoms with Gasteiger partial charge in [-0.05, 0) is 37.3 Å². The fourth-order valence-electron chi connectivity index (χ4n) is 3.62. The highest BCUT2D eigenvalue weighted by molar-refractivity contribution is 7.16. The molecule has 9 nitrogen and oxygen atoms in total. The molecule has 1 amide bonds. The molecule has 178 valence electrons. The first kappa shape index (κ1) is 22.5. The Bertz CT molecular complexity index is 1510. The number of hydrogen-bond acceptors (Lipinski definition) is 8. The van der Waals surface area contributed by atoms with Gasteiger partial charge in [0.25, 0.3) is 11.5 Å². The van der Waals surface area contributed by atoms with Crippen molar-refractivity contribution in [2.75, 3.05) is 18.5 Å². The number of rotatable bonds is 5. The number of ether oxygens (including phenoxy) is 3. The van der Waals surface area contributed by atoms with Gasteiger partial charge < -0.3 is 19.5 Å². The first-order valence-corrected chi connectivity index (χ1v) is 11.5. The number of thiophene rings is 1. The van der Waals surface area contributed by atoms with Crippen molar-refractivity contribution in [3.8, 4) is 17.2 Å². The van der Waals surface area contributed by atoms with E-state index in [1.807, 2.05) is 0 Å². The third kappa shape index (κ3) is 4.21. The largest absolute Gasteiger partial charge is 0.485 e. The number of fused-ring (bicyclic) bond motifs is 2. The summed E-state index contributed by atoms with van der Waals surface area (Å²) < 4.78 is 31.2. The first-order chi connectivity index (χ1) is 17.0. The van der Waals surface area contributed by atoms with E-state index in [0.29, 0.717) is 11.5 Å². The number of benzene rings is 2. The van der Waals surface area contributed by atoms with Crippen LogP contribution in [0.1, 0.15) is 17.4 Å². The second kappa shape index (κ2) is 9.18. The Morgan fingerprint density at radius 1 is 1.23 bits per heavy atom. The summed E-state index contributed by atoms with van der Waals surface area (Å²) in [5.74, 6) is -0.908. The molecule has 0 bridgehead atoms. The van der Waals surface area contributed by atoms with Crippen LogP contribution < -0.4 is 20.3 Å². The van der Waals surface area contributed by atoms with E-state index in [-0.39, 0.29) is 40.4 Å². The highest BCUT2D eigenvalue weighted by Gasteiger charge is 2.29. The van der Waals surface area contributed by atoms with Gasteiger partial charge in [0.05, 0.1) is 17.7 Å². The summed E-state index contributed by atoms with van der Waals surface area (Å²) in [5.41, 5.74) is -0.651. The Kier molecular flexibility index (Phi) is 5.91. The molecule has 35 heavy (non-hydrogen) atoms. The number of aromatic nitrogens is 2. The van der Waals surface area contributed by atoms with E-state index in [0.717, 1.165) is 22.1 Å². The van der Waals surface area contributed by atoms with Crippen molar-refractivity contribution in [3.63, 3.8) is 0 Å². The van der Waals surface area contributed by atoms with Crippen LogP contribution >= 0.6 is 11.3 Å². The highest BCUT2D eigenvalue weighted by atomic mass is 32.1. The van der Waals surface area contributed by atoms with Gasteiger partial charge in [-0.15, -0.1) is 11.3 Å². The molecular weight excluding hydrogens is 477 g/mol. The predicted molar refractivity (Wildman–Crippen MR) is 126 cm³/mol. The topological polar surface area (TPSA) is 109 Å². The molecular formula is C24H18FN3O6S. The highest BCUT2D eigenvalue weighted by Crippen LogP contribution is 2.33. The summed E-state index contributed by atoms with van der Waals surface area (Å²) in [5, 5.41) is 8.84. The molecule has 0 saturated carbocycles. The maximum absolute atomic E-state index is 13.9. The zero-order valence-corrected chi connectivity index (χ0v) is 19.1. The predicted octanol–water partition coefficient (Wildman–Crippen LogP) is 3.54. The molecule has 4 aromatic rings. The van der Waals surface area contributed by atoms with E-state index < -0.39 is 29.4 Å². The van der Waals surface area contributed by atoms with Crippen LogP contribution in [0.15, 0.2) is 58.7 Å². The van der Waals surface area contributed by atoms with E-state index in [1.165, 1.54) is 23.6 Å². The summed E-state index contributed by atoms with van der Waals surface area (Å²) in [7, 11) is 0. The van der Waals surface area contributed by atoms with Gasteiger partial charge in [-0.2, -0.15) is 9.78 Å². The SMILES string of the molecule is CCOC(=O)c1nn(-c2cccc(F)c2)c(=O)c2c(NC(=O)C3COc4ccccc4O3)scc12.